The molecule has 224 valence electrons. The number of aromatic amines is 1. The molecular formula is C28H27ClF3N9O2. The standard InChI is InChI=1S/C28H27ClF3N9O2/c1-15-3-2-4-23(20-9-16(7-8-35-20)26-21(12-37-39-26)38-27(15)43)40-14-36-19(11-25(40)42)18-10-17(29)5-6-22(18)41(34)13-24(33)28(30,31)32/h5-15,23H,2-4,33-34H2,1H3,(H,37,39)(H,38,43)/b24-13-. The third kappa shape index (κ3) is 6.39. The average Bonchev–Trinajstić information content (AvgIpc) is 3.42. The number of rotatable bonds is 4. The summed E-state index contributed by atoms with van der Waals surface area (Å²) in [6, 6.07) is 8.58. The Labute approximate surface area is 248 Å². The van der Waals surface area contributed by atoms with E-state index in [4.69, 9.17) is 23.2 Å². The molecule has 2 bridgehead atoms. The summed E-state index contributed by atoms with van der Waals surface area (Å²) in [5.74, 6) is 5.47. The molecule has 1 aromatic carbocycles. The highest BCUT2D eigenvalue weighted by Gasteiger charge is 2.32. The number of H-pyrrole nitrogens is 1. The van der Waals surface area contributed by atoms with E-state index in [9.17, 15) is 22.8 Å². The number of benzene rings is 1. The molecule has 1 aliphatic heterocycles. The van der Waals surface area contributed by atoms with Crippen molar-refractivity contribution in [1.82, 2.24) is 24.7 Å². The number of amides is 1. The van der Waals surface area contributed by atoms with Gasteiger partial charge in [-0.05, 0) is 43.2 Å². The van der Waals surface area contributed by atoms with Gasteiger partial charge in [0.15, 0.2) is 0 Å². The first-order valence-corrected chi connectivity index (χ1v) is 13.6. The van der Waals surface area contributed by atoms with Gasteiger partial charge >= 0.3 is 6.18 Å². The van der Waals surface area contributed by atoms with Crippen LogP contribution in [0.2, 0.25) is 5.02 Å². The number of halogens is 4. The van der Waals surface area contributed by atoms with Gasteiger partial charge in [-0.2, -0.15) is 18.3 Å². The average molecular weight is 614 g/mol. The highest BCUT2D eigenvalue weighted by Crippen LogP contribution is 2.34. The van der Waals surface area contributed by atoms with Crippen molar-refractivity contribution in [3.8, 4) is 22.5 Å². The minimum atomic E-state index is -4.79. The summed E-state index contributed by atoms with van der Waals surface area (Å²) in [6.07, 6.45) is 1.88. The zero-order valence-corrected chi connectivity index (χ0v) is 23.5. The molecule has 0 aliphatic carbocycles. The van der Waals surface area contributed by atoms with E-state index < -0.39 is 23.5 Å². The van der Waals surface area contributed by atoms with Crippen LogP contribution in [-0.4, -0.2) is 36.8 Å². The Morgan fingerprint density at radius 3 is 2.70 bits per heavy atom. The molecule has 2 atom stereocenters. The number of nitrogens with zero attached hydrogens (tertiary/aromatic N) is 5. The molecular weight excluding hydrogens is 587 g/mol. The Morgan fingerprint density at radius 1 is 1.16 bits per heavy atom. The summed E-state index contributed by atoms with van der Waals surface area (Å²) in [7, 11) is 0. The molecule has 0 fully saturated rings. The molecule has 4 heterocycles. The number of aromatic nitrogens is 5. The molecule has 2 unspecified atom stereocenters. The fourth-order valence-electron chi connectivity index (χ4n) is 4.84. The van der Waals surface area contributed by atoms with Gasteiger partial charge in [0.25, 0.3) is 5.56 Å². The molecule has 0 radical (unpaired) electrons. The lowest BCUT2D eigenvalue weighted by Gasteiger charge is -2.22. The van der Waals surface area contributed by atoms with E-state index in [2.05, 4.69) is 25.5 Å². The highest BCUT2D eigenvalue weighted by atomic mass is 35.5. The van der Waals surface area contributed by atoms with Crippen molar-refractivity contribution in [2.45, 2.75) is 38.4 Å². The van der Waals surface area contributed by atoms with E-state index in [1.165, 1.54) is 41.4 Å². The summed E-state index contributed by atoms with van der Waals surface area (Å²) < 4.78 is 40.5. The van der Waals surface area contributed by atoms with E-state index in [0.717, 1.165) is 0 Å². The first-order chi connectivity index (χ1) is 20.4. The van der Waals surface area contributed by atoms with E-state index in [1.807, 2.05) is 13.0 Å². The second-order valence-electron chi connectivity index (χ2n) is 10.1. The summed E-state index contributed by atoms with van der Waals surface area (Å²) >= 11 is 6.18. The molecule has 1 amide bonds. The number of hydrogen-bond donors (Lipinski definition) is 4. The van der Waals surface area contributed by atoms with Crippen LogP contribution in [0.15, 0.2) is 71.8 Å². The number of carbonyl (C=O) groups is 1. The van der Waals surface area contributed by atoms with Crippen molar-refractivity contribution in [2.24, 2.45) is 17.5 Å². The van der Waals surface area contributed by atoms with Crippen molar-refractivity contribution < 1.29 is 18.0 Å². The van der Waals surface area contributed by atoms with Crippen LogP contribution in [0.4, 0.5) is 24.5 Å². The van der Waals surface area contributed by atoms with Gasteiger partial charge < -0.3 is 11.1 Å². The number of alkyl halides is 3. The van der Waals surface area contributed by atoms with Gasteiger partial charge in [0.05, 0.1) is 47.0 Å². The van der Waals surface area contributed by atoms with Crippen LogP contribution in [0, 0.1) is 5.92 Å². The van der Waals surface area contributed by atoms with Crippen LogP contribution in [0.25, 0.3) is 22.5 Å². The molecule has 5 rings (SSSR count). The Kier molecular flexibility index (Phi) is 8.24. The SMILES string of the molecule is CC1CCCC(n2cnc(-c3cc(Cl)ccc3N(N)/C=C(\N)C(F)(F)F)cc2=O)c2cc(ccn2)-c2[nH]ncc2NC1=O. The Bertz CT molecular complexity index is 1750. The van der Waals surface area contributed by atoms with Crippen molar-refractivity contribution >= 4 is 28.9 Å². The first kappa shape index (κ1) is 29.8. The van der Waals surface area contributed by atoms with Crippen molar-refractivity contribution in [2.75, 3.05) is 10.3 Å². The Morgan fingerprint density at radius 2 is 1.95 bits per heavy atom. The predicted octanol–water partition coefficient (Wildman–Crippen LogP) is 4.74. The van der Waals surface area contributed by atoms with Crippen LogP contribution in [0.1, 0.15) is 37.9 Å². The lowest BCUT2D eigenvalue weighted by atomic mass is 9.97. The number of nitrogens with one attached hydrogen (secondary N) is 2. The fourth-order valence-corrected chi connectivity index (χ4v) is 5.02. The second-order valence-corrected chi connectivity index (χ2v) is 10.6. The molecule has 3 aromatic heterocycles. The van der Waals surface area contributed by atoms with Crippen LogP contribution in [-0.2, 0) is 4.79 Å². The normalized spacial score (nSPS) is 17.8. The summed E-state index contributed by atoms with van der Waals surface area (Å²) in [6.45, 7) is 1.83. The van der Waals surface area contributed by atoms with E-state index in [0.29, 0.717) is 53.1 Å². The number of allylic oxidation sites excluding steroid dienone is 1. The smallest absolute Gasteiger partial charge is 0.393 e. The zero-order chi connectivity index (χ0) is 30.9. The lowest BCUT2D eigenvalue weighted by molar-refractivity contribution is -0.119. The van der Waals surface area contributed by atoms with Gasteiger partial charge in [0.1, 0.15) is 5.70 Å². The summed E-state index contributed by atoms with van der Waals surface area (Å²) in [4.78, 5) is 35.4. The molecule has 43 heavy (non-hydrogen) atoms. The number of pyridine rings is 1. The molecule has 4 aromatic rings. The number of hydrazine groups is 1. The third-order valence-corrected chi connectivity index (χ3v) is 7.40. The maximum atomic E-state index is 13.6. The van der Waals surface area contributed by atoms with Gasteiger partial charge in [-0.1, -0.05) is 24.9 Å². The number of anilines is 2. The second kappa shape index (κ2) is 11.9. The van der Waals surface area contributed by atoms with Crippen LogP contribution >= 0.6 is 11.6 Å². The topological polar surface area (TPSA) is 161 Å². The predicted molar refractivity (Wildman–Crippen MR) is 156 cm³/mol. The maximum Gasteiger partial charge on any atom is 0.432 e. The lowest BCUT2D eigenvalue weighted by Crippen LogP contribution is -2.30. The number of nitrogens with two attached hydrogens (primary N) is 2. The van der Waals surface area contributed by atoms with E-state index >= 15 is 0 Å². The number of carbonyl (C=O) groups excluding carboxylic acids is 1. The molecule has 6 N–H and O–H groups in total. The van der Waals surface area contributed by atoms with E-state index in [-0.39, 0.29) is 33.8 Å². The van der Waals surface area contributed by atoms with Crippen LogP contribution < -0.4 is 27.5 Å². The highest BCUT2D eigenvalue weighted by molar-refractivity contribution is 6.31. The van der Waals surface area contributed by atoms with Gasteiger partial charge in [0.2, 0.25) is 5.91 Å². The minimum Gasteiger partial charge on any atom is -0.393 e. The van der Waals surface area contributed by atoms with Crippen molar-refractivity contribution in [1.29, 1.82) is 0 Å². The van der Waals surface area contributed by atoms with Crippen LogP contribution in [0.3, 0.4) is 0 Å². The molecule has 0 saturated heterocycles. The third-order valence-electron chi connectivity index (χ3n) is 7.16. The molecule has 0 spiro atoms. The summed E-state index contributed by atoms with van der Waals surface area (Å²) in [5, 5.41) is 10.9. The number of fused-ring (bicyclic) bond motifs is 4. The summed E-state index contributed by atoms with van der Waals surface area (Å²) in [5.41, 5.74) is 6.18. The van der Waals surface area contributed by atoms with Gasteiger partial charge in [-0.15, -0.1) is 0 Å². The first-order valence-electron chi connectivity index (χ1n) is 13.2. The minimum absolute atomic E-state index is 0.0873. The quantitative estimate of drug-likeness (QED) is 0.190. The van der Waals surface area contributed by atoms with Gasteiger partial charge in [-0.3, -0.25) is 29.2 Å². The molecule has 15 heteroatoms. The van der Waals surface area contributed by atoms with Crippen molar-refractivity contribution in [3.05, 3.63) is 88.1 Å². The van der Waals surface area contributed by atoms with Crippen molar-refractivity contribution in [3.63, 3.8) is 0 Å². The monoisotopic (exact) mass is 613 g/mol. The molecule has 1 aliphatic rings. The fraction of sp³-hybridized carbons (Fsp3) is 0.250. The molecule has 0 saturated carbocycles. The zero-order valence-electron chi connectivity index (χ0n) is 22.8. The largest absolute Gasteiger partial charge is 0.432 e. The van der Waals surface area contributed by atoms with Crippen LogP contribution in [0.5, 0.6) is 0 Å². The Balaban J connectivity index is 1.56. The van der Waals surface area contributed by atoms with Gasteiger partial charge in [0, 0.05) is 40.5 Å². The Hall–Kier alpha value is -4.69. The number of hydrogen-bond acceptors (Lipinski definition) is 8. The molecule has 11 nitrogen and oxygen atoms in total. The van der Waals surface area contributed by atoms with Gasteiger partial charge in [-0.25, -0.2) is 10.8 Å². The van der Waals surface area contributed by atoms with E-state index in [1.54, 1.807) is 12.3 Å². The maximum absolute atomic E-state index is 13.6.